The van der Waals surface area contributed by atoms with Crippen molar-refractivity contribution in [3.05, 3.63) is 6.33 Å². The van der Waals surface area contributed by atoms with Gasteiger partial charge < -0.3 is 29.6 Å². The van der Waals surface area contributed by atoms with E-state index in [0.29, 0.717) is 23.5 Å². The first-order chi connectivity index (χ1) is 15.4. The maximum atomic E-state index is 12.9. The molecule has 0 aliphatic heterocycles. The summed E-state index contributed by atoms with van der Waals surface area (Å²) in [4.78, 5) is 24.9. The average molecular weight is 484 g/mol. The van der Waals surface area contributed by atoms with Crippen LogP contribution in [0.25, 0.3) is 11.2 Å². The molecule has 1 unspecified atom stereocenters. The van der Waals surface area contributed by atoms with Gasteiger partial charge in [0.1, 0.15) is 6.35 Å². The van der Waals surface area contributed by atoms with E-state index in [1.807, 2.05) is 18.4 Å². The number of ether oxygens (including phenoxy) is 2. The lowest BCUT2D eigenvalue weighted by Crippen LogP contribution is -2.25. The molecule has 33 heavy (non-hydrogen) atoms. The predicted molar refractivity (Wildman–Crippen MR) is 123 cm³/mol. The summed E-state index contributed by atoms with van der Waals surface area (Å²) in [6, 6.07) is 0.150. The first kappa shape index (κ1) is 25.4. The van der Waals surface area contributed by atoms with Gasteiger partial charge in [-0.25, -0.2) is 4.98 Å². The normalized spacial score (nSPS) is 17.2. The Morgan fingerprint density at radius 1 is 1.33 bits per heavy atom. The van der Waals surface area contributed by atoms with Gasteiger partial charge in [-0.1, -0.05) is 0 Å². The lowest BCUT2D eigenvalue weighted by atomic mass is 9.98. The average Bonchev–Trinajstić information content (AvgIpc) is 3.38. The lowest BCUT2D eigenvalue weighted by molar-refractivity contribution is -0.160. The van der Waals surface area contributed by atoms with Crippen molar-refractivity contribution in [1.29, 1.82) is 0 Å². The highest BCUT2D eigenvalue weighted by Crippen LogP contribution is 2.51. The van der Waals surface area contributed by atoms with Crippen LogP contribution >= 0.6 is 7.60 Å². The first-order valence-corrected chi connectivity index (χ1v) is 12.4. The Bertz CT molecular complexity index is 1050. The largest absolute Gasteiger partial charge is 0.438 e. The molecule has 1 atom stereocenters. The van der Waals surface area contributed by atoms with Crippen molar-refractivity contribution >= 4 is 36.5 Å². The molecule has 0 amide bonds. The number of esters is 1. The van der Waals surface area contributed by atoms with Crippen molar-refractivity contribution < 1.29 is 27.9 Å². The van der Waals surface area contributed by atoms with E-state index in [9.17, 15) is 9.36 Å². The van der Waals surface area contributed by atoms with Crippen LogP contribution in [0.4, 0.5) is 11.8 Å². The fourth-order valence-electron chi connectivity index (χ4n) is 2.98. The van der Waals surface area contributed by atoms with Gasteiger partial charge in [-0.05, 0) is 47.5 Å². The van der Waals surface area contributed by atoms with Gasteiger partial charge >= 0.3 is 13.6 Å². The van der Waals surface area contributed by atoms with Crippen molar-refractivity contribution in [3.63, 3.8) is 0 Å². The Balaban J connectivity index is 1.64. The third-order valence-electron chi connectivity index (χ3n) is 5.03. The molecule has 0 bridgehead atoms. The summed E-state index contributed by atoms with van der Waals surface area (Å²) in [6.45, 7) is 9.08. The summed E-state index contributed by atoms with van der Waals surface area (Å²) in [6.07, 6.45) is 2.90. The number of fused-ring (bicyclic) bond motifs is 1. The maximum absolute atomic E-state index is 12.9. The van der Waals surface area contributed by atoms with Crippen LogP contribution in [0.1, 0.15) is 47.5 Å². The summed E-state index contributed by atoms with van der Waals surface area (Å²) >= 11 is 0. The van der Waals surface area contributed by atoms with Crippen molar-refractivity contribution in [1.82, 2.24) is 19.5 Å². The van der Waals surface area contributed by atoms with Crippen LogP contribution in [0.5, 0.6) is 0 Å². The number of carbonyl (C=O) groups excluding carboxylic acids is 1. The third kappa shape index (κ3) is 6.41. The molecule has 3 rings (SSSR count). The van der Waals surface area contributed by atoms with E-state index in [2.05, 4.69) is 20.3 Å². The van der Waals surface area contributed by atoms with Gasteiger partial charge in [0.2, 0.25) is 12.7 Å². The monoisotopic (exact) mass is 484 g/mol. The number of anilines is 2. The van der Waals surface area contributed by atoms with Crippen molar-refractivity contribution in [2.45, 2.75) is 65.6 Å². The molecule has 0 spiro atoms. The number of hydrogen-bond donors (Lipinski definition) is 2. The Labute approximate surface area is 193 Å². The highest BCUT2D eigenvalue weighted by molar-refractivity contribution is 7.53. The van der Waals surface area contributed by atoms with Crippen LogP contribution in [-0.2, 0) is 34.4 Å². The molecule has 2 heterocycles. The molecule has 1 saturated carbocycles. The molecular formula is C20H33N6O6P. The van der Waals surface area contributed by atoms with Gasteiger partial charge in [0, 0.05) is 13.2 Å². The predicted octanol–water partition coefficient (Wildman–Crippen LogP) is 3.14. The van der Waals surface area contributed by atoms with Crippen LogP contribution < -0.4 is 11.1 Å². The fourth-order valence-corrected chi connectivity index (χ4v) is 3.91. The number of hydrogen-bond acceptors (Lipinski definition) is 11. The Hall–Kier alpha value is -2.27. The van der Waals surface area contributed by atoms with Crippen molar-refractivity contribution in [2.75, 3.05) is 31.3 Å². The number of aromatic nitrogens is 4. The lowest BCUT2D eigenvalue weighted by Gasteiger charge is -2.22. The molecule has 0 radical (unpaired) electrons. The minimum Gasteiger partial charge on any atom is -0.438 e. The zero-order valence-electron chi connectivity index (χ0n) is 20.0. The first-order valence-electron chi connectivity index (χ1n) is 10.7. The molecule has 184 valence electrons. The SMILES string of the molecule is COP(=O)(COC1(Cn2cnc3c(NC(C)C)nc(N)nc32)CC1)OCOC(=O)C(C)(C)C. The zero-order valence-corrected chi connectivity index (χ0v) is 20.8. The summed E-state index contributed by atoms with van der Waals surface area (Å²) in [5, 5.41) is 3.23. The standard InChI is InChI=1S/C20H33N6O6P/c1-13(2)23-15-14-16(25-18(21)24-15)26(10-22-14)9-20(7-8-20)31-12-33(28,29-6)32-11-30-17(27)19(3,4)5/h10,13H,7-9,11-12H2,1-6H3,(H3,21,23,24,25). The molecule has 1 aliphatic carbocycles. The Kier molecular flexibility index (Phi) is 7.33. The van der Waals surface area contributed by atoms with Crippen LogP contribution in [0.3, 0.4) is 0 Å². The van der Waals surface area contributed by atoms with E-state index in [0.717, 1.165) is 12.8 Å². The van der Waals surface area contributed by atoms with Gasteiger partial charge in [0.05, 0.1) is 23.9 Å². The maximum Gasteiger partial charge on any atom is 0.358 e. The van der Waals surface area contributed by atoms with E-state index in [-0.39, 0.29) is 18.3 Å². The second-order valence-electron chi connectivity index (χ2n) is 9.45. The second-order valence-corrected chi connectivity index (χ2v) is 11.6. The van der Waals surface area contributed by atoms with E-state index in [1.54, 1.807) is 27.1 Å². The van der Waals surface area contributed by atoms with E-state index < -0.39 is 31.4 Å². The number of rotatable bonds is 11. The number of carbonyl (C=O) groups is 1. The number of nitrogen functional groups attached to an aromatic ring is 1. The highest BCUT2D eigenvalue weighted by atomic mass is 31.2. The zero-order chi connectivity index (χ0) is 24.4. The minimum absolute atomic E-state index is 0.139. The number of imidazole rings is 1. The summed E-state index contributed by atoms with van der Waals surface area (Å²) < 4.78 is 36.0. The van der Waals surface area contributed by atoms with Gasteiger partial charge in [0.15, 0.2) is 17.0 Å². The van der Waals surface area contributed by atoms with E-state index in [1.165, 1.54) is 7.11 Å². The van der Waals surface area contributed by atoms with Crippen LogP contribution in [0.15, 0.2) is 6.33 Å². The number of nitrogens with one attached hydrogen (secondary N) is 1. The smallest absolute Gasteiger partial charge is 0.358 e. The van der Waals surface area contributed by atoms with Gasteiger partial charge in [-0.3, -0.25) is 13.9 Å². The quantitative estimate of drug-likeness (QED) is 0.275. The van der Waals surface area contributed by atoms with Gasteiger partial charge in [0.25, 0.3) is 0 Å². The number of nitrogens with zero attached hydrogens (tertiary/aromatic N) is 4. The van der Waals surface area contributed by atoms with E-state index >= 15 is 0 Å². The van der Waals surface area contributed by atoms with Gasteiger partial charge in [-0.2, -0.15) is 9.97 Å². The van der Waals surface area contributed by atoms with Crippen LogP contribution in [0, 0.1) is 5.41 Å². The third-order valence-corrected chi connectivity index (χ3v) is 6.53. The molecule has 1 fully saturated rings. The van der Waals surface area contributed by atoms with Crippen LogP contribution in [-0.4, -0.2) is 57.4 Å². The Morgan fingerprint density at radius 2 is 2.03 bits per heavy atom. The number of nitrogens with two attached hydrogens (primary N) is 1. The van der Waals surface area contributed by atoms with E-state index in [4.69, 9.17) is 24.3 Å². The second kappa shape index (κ2) is 9.54. The Morgan fingerprint density at radius 3 is 2.61 bits per heavy atom. The summed E-state index contributed by atoms with van der Waals surface area (Å²) in [5.41, 5.74) is 5.84. The summed E-state index contributed by atoms with van der Waals surface area (Å²) in [7, 11) is -2.35. The minimum atomic E-state index is -3.61. The molecule has 12 nitrogen and oxygen atoms in total. The molecule has 13 heteroatoms. The van der Waals surface area contributed by atoms with Crippen molar-refractivity contribution in [2.24, 2.45) is 5.41 Å². The fraction of sp³-hybridized carbons (Fsp3) is 0.700. The summed E-state index contributed by atoms with van der Waals surface area (Å²) in [5.74, 6) is 0.240. The molecular weight excluding hydrogens is 451 g/mol. The molecule has 3 N–H and O–H groups in total. The highest BCUT2D eigenvalue weighted by Gasteiger charge is 2.46. The molecule has 1 aliphatic rings. The van der Waals surface area contributed by atoms with Crippen LogP contribution in [0.2, 0.25) is 0 Å². The molecule has 2 aromatic heterocycles. The van der Waals surface area contributed by atoms with Crippen molar-refractivity contribution in [3.8, 4) is 0 Å². The molecule has 2 aromatic rings. The van der Waals surface area contributed by atoms with Gasteiger partial charge in [-0.15, -0.1) is 0 Å². The molecule has 0 saturated heterocycles. The molecule has 0 aromatic carbocycles. The topological polar surface area (TPSA) is 153 Å².